The van der Waals surface area contributed by atoms with E-state index < -0.39 is 0 Å². The fraction of sp³-hybridized carbons (Fsp3) is 0.400. The Kier molecular flexibility index (Phi) is 3.34. The van der Waals surface area contributed by atoms with Crippen molar-refractivity contribution >= 4 is 32.1 Å². The van der Waals surface area contributed by atoms with Crippen LogP contribution in [-0.2, 0) is 6.42 Å². The molecule has 1 fully saturated rings. The second-order valence-corrected chi connectivity index (χ2v) is 7.24. The molecule has 1 N–H and O–H groups in total. The second kappa shape index (κ2) is 5.31. The minimum absolute atomic E-state index is 0.786. The van der Waals surface area contributed by atoms with Crippen molar-refractivity contribution in [1.29, 1.82) is 0 Å². The second-order valence-electron chi connectivity index (χ2n) is 5.21. The van der Waals surface area contributed by atoms with E-state index in [1.165, 1.54) is 27.1 Å². The predicted octanol–water partition coefficient (Wildman–Crippen LogP) is 4.30. The summed E-state index contributed by atoms with van der Waals surface area (Å²) in [6, 6.07) is 5.15. The van der Waals surface area contributed by atoms with Crippen LogP contribution in [0, 0.1) is 0 Å². The van der Waals surface area contributed by atoms with Crippen LogP contribution in [0.3, 0.4) is 0 Å². The zero-order valence-electron chi connectivity index (χ0n) is 11.1. The van der Waals surface area contributed by atoms with Crippen LogP contribution in [0.25, 0.3) is 20.0 Å². The van der Waals surface area contributed by atoms with Gasteiger partial charge in [-0.3, -0.25) is 0 Å². The highest BCUT2D eigenvalue weighted by molar-refractivity contribution is 7.28. The summed E-state index contributed by atoms with van der Waals surface area (Å²) in [7, 11) is 0. The van der Waals surface area contributed by atoms with Crippen molar-refractivity contribution in [3.63, 3.8) is 0 Å². The zero-order valence-corrected chi connectivity index (χ0v) is 12.7. The monoisotopic (exact) mass is 304 g/mol. The molecule has 0 amide bonds. The van der Waals surface area contributed by atoms with Gasteiger partial charge in [0.2, 0.25) is 0 Å². The highest BCUT2D eigenvalue weighted by Gasteiger charge is 2.19. The summed E-state index contributed by atoms with van der Waals surface area (Å²) in [6.07, 6.45) is 6.56. The van der Waals surface area contributed by atoms with Gasteiger partial charge in [0.05, 0.1) is 11.1 Å². The molecule has 3 aromatic heterocycles. The number of oxazole rings is 1. The molecule has 3 aromatic rings. The third kappa shape index (κ3) is 2.66. The predicted molar refractivity (Wildman–Crippen MR) is 84.5 cm³/mol. The van der Waals surface area contributed by atoms with E-state index in [0.717, 1.165) is 37.1 Å². The number of nitrogens with zero attached hydrogens (tertiary/aromatic N) is 1. The fourth-order valence-corrected chi connectivity index (χ4v) is 4.32. The SMILES string of the molecule is c1cc2sc(-c3cnc(CCCNC4CC4)o3)cc2s1. The molecule has 1 saturated carbocycles. The molecule has 3 heterocycles. The first-order valence-corrected chi connectivity index (χ1v) is 8.73. The molecule has 0 aliphatic heterocycles. The first kappa shape index (κ1) is 12.6. The van der Waals surface area contributed by atoms with Gasteiger partial charge in [-0.1, -0.05) is 0 Å². The van der Waals surface area contributed by atoms with Crippen LogP contribution >= 0.6 is 22.7 Å². The van der Waals surface area contributed by atoms with Gasteiger partial charge in [-0.2, -0.15) is 0 Å². The lowest BCUT2D eigenvalue weighted by molar-refractivity contribution is 0.492. The Morgan fingerprint density at radius 2 is 2.30 bits per heavy atom. The normalized spacial score (nSPS) is 15.2. The summed E-state index contributed by atoms with van der Waals surface area (Å²) in [6.45, 7) is 1.07. The van der Waals surface area contributed by atoms with Crippen LogP contribution in [0.15, 0.2) is 28.1 Å². The van der Waals surface area contributed by atoms with Crippen molar-refractivity contribution in [3.05, 3.63) is 29.6 Å². The van der Waals surface area contributed by atoms with E-state index in [1.807, 2.05) is 6.20 Å². The smallest absolute Gasteiger partial charge is 0.194 e. The molecule has 0 saturated heterocycles. The highest BCUT2D eigenvalue weighted by atomic mass is 32.1. The van der Waals surface area contributed by atoms with Crippen LogP contribution in [-0.4, -0.2) is 17.6 Å². The molecular weight excluding hydrogens is 288 g/mol. The van der Waals surface area contributed by atoms with Crippen molar-refractivity contribution < 1.29 is 4.42 Å². The summed E-state index contributed by atoms with van der Waals surface area (Å²) < 4.78 is 8.53. The quantitative estimate of drug-likeness (QED) is 0.690. The molecule has 4 rings (SSSR count). The van der Waals surface area contributed by atoms with Gasteiger partial charge in [0.25, 0.3) is 0 Å². The van der Waals surface area contributed by atoms with Gasteiger partial charge in [-0.05, 0) is 43.3 Å². The molecule has 0 spiro atoms. The maximum absolute atomic E-state index is 5.87. The Bertz CT molecular complexity index is 680. The average molecular weight is 304 g/mol. The first-order chi connectivity index (χ1) is 9.88. The van der Waals surface area contributed by atoms with Crippen molar-refractivity contribution in [1.82, 2.24) is 10.3 Å². The Labute approximate surface area is 125 Å². The van der Waals surface area contributed by atoms with Crippen LogP contribution in [0.1, 0.15) is 25.2 Å². The van der Waals surface area contributed by atoms with Crippen molar-refractivity contribution in [2.45, 2.75) is 31.7 Å². The summed E-state index contributed by atoms with van der Waals surface area (Å²) in [5, 5.41) is 5.64. The number of rotatable bonds is 6. The van der Waals surface area contributed by atoms with Crippen LogP contribution in [0.4, 0.5) is 0 Å². The molecule has 3 nitrogen and oxygen atoms in total. The molecule has 5 heteroatoms. The van der Waals surface area contributed by atoms with Gasteiger partial charge < -0.3 is 9.73 Å². The van der Waals surface area contributed by atoms with Crippen LogP contribution < -0.4 is 5.32 Å². The molecule has 1 aliphatic carbocycles. The van der Waals surface area contributed by atoms with E-state index in [-0.39, 0.29) is 0 Å². The van der Waals surface area contributed by atoms with Gasteiger partial charge >= 0.3 is 0 Å². The van der Waals surface area contributed by atoms with E-state index in [4.69, 9.17) is 4.42 Å². The van der Waals surface area contributed by atoms with Crippen LogP contribution in [0.5, 0.6) is 0 Å². The lowest BCUT2D eigenvalue weighted by Gasteiger charge is -1.99. The summed E-state index contributed by atoms with van der Waals surface area (Å²) in [4.78, 5) is 5.58. The van der Waals surface area contributed by atoms with Crippen molar-refractivity contribution in [2.24, 2.45) is 0 Å². The lowest BCUT2D eigenvalue weighted by atomic mass is 10.3. The number of thiophene rings is 2. The minimum atomic E-state index is 0.786. The minimum Gasteiger partial charge on any atom is -0.440 e. The molecular formula is C15H16N2OS2. The zero-order chi connectivity index (χ0) is 13.4. The third-order valence-corrected chi connectivity index (χ3v) is 5.62. The summed E-state index contributed by atoms with van der Waals surface area (Å²) in [5.41, 5.74) is 0. The van der Waals surface area contributed by atoms with Crippen molar-refractivity contribution in [3.8, 4) is 10.6 Å². The van der Waals surface area contributed by atoms with Gasteiger partial charge in [-0.25, -0.2) is 4.98 Å². The highest BCUT2D eigenvalue weighted by Crippen LogP contribution is 2.36. The molecule has 0 radical (unpaired) electrons. The van der Waals surface area contributed by atoms with E-state index >= 15 is 0 Å². The number of hydrogen-bond acceptors (Lipinski definition) is 5. The first-order valence-electron chi connectivity index (χ1n) is 7.04. The number of nitrogens with one attached hydrogen (secondary N) is 1. The Balaban J connectivity index is 1.40. The molecule has 0 bridgehead atoms. The van der Waals surface area contributed by atoms with Crippen LogP contribution in [0.2, 0.25) is 0 Å². The average Bonchev–Trinajstić information content (AvgIpc) is 2.86. The van der Waals surface area contributed by atoms with E-state index in [9.17, 15) is 0 Å². The Morgan fingerprint density at radius 1 is 1.35 bits per heavy atom. The van der Waals surface area contributed by atoms with E-state index in [1.54, 1.807) is 22.7 Å². The standard InChI is InChI=1S/C15H16N2OS2/c1(6-16-10-3-4-10)2-15-17-9-11(18-15)13-8-14-12(20-13)5-7-19-14/h5,7-10,16H,1-4,6H2. The molecule has 0 atom stereocenters. The number of aromatic nitrogens is 1. The number of fused-ring (bicyclic) bond motifs is 1. The summed E-state index contributed by atoms with van der Waals surface area (Å²) >= 11 is 3.55. The van der Waals surface area contributed by atoms with E-state index in [0.29, 0.717) is 0 Å². The fourth-order valence-electron chi connectivity index (χ4n) is 2.26. The topological polar surface area (TPSA) is 38.1 Å². The Morgan fingerprint density at radius 3 is 3.15 bits per heavy atom. The van der Waals surface area contributed by atoms with Gasteiger partial charge in [-0.15, -0.1) is 22.7 Å². The molecule has 0 unspecified atom stereocenters. The Hall–Kier alpha value is -1.17. The molecule has 104 valence electrons. The third-order valence-electron chi connectivity index (χ3n) is 3.51. The number of hydrogen-bond donors (Lipinski definition) is 1. The molecule has 1 aliphatic rings. The van der Waals surface area contributed by atoms with E-state index in [2.05, 4.69) is 27.8 Å². The number of aryl methyl sites for hydroxylation is 1. The van der Waals surface area contributed by atoms with Gasteiger partial charge in [0.15, 0.2) is 11.7 Å². The maximum atomic E-state index is 5.87. The summed E-state index contributed by atoms with van der Waals surface area (Å²) in [5.74, 6) is 1.76. The van der Waals surface area contributed by atoms with Gasteiger partial charge in [0.1, 0.15) is 0 Å². The molecule has 0 aromatic carbocycles. The largest absolute Gasteiger partial charge is 0.440 e. The van der Waals surface area contributed by atoms with Gasteiger partial charge in [0, 0.05) is 21.9 Å². The molecule has 20 heavy (non-hydrogen) atoms. The lowest BCUT2D eigenvalue weighted by Crippen LogP contribution is -2.17. The van der Waals surface area contributed by atoms with Crippen molar-refractivity contribution in [2.75, 3.05) is 6.54 Å². The maximum Gasteiger partial charge on any atom is 0.194 e.